The summed E-state index contributed by atoms with van der Waals surface area (Å²) in [6.45, 7) is 5.45. The van der Waals surface area contributed by atoms with E-state index in [0.29, 0.717) is 11.6 Å². The van der Waals surface area contributed by atoms with Crippen molar-refractivity contribution in [1.82, 2.24) is 9.78 Å². The molecule has 2 heterocycles. The quantitative estimate of drug-likeness (QED) is 0.917. The highest BCUT2D eigenvalue weighted by molar-refractivity contribution is 7.12. The highest BCUT2D eigenvalue weighted by atomic mass is 35.5. The van der Waals surface area contributed by atoms with E-state index >= 15 is 0 Å². The Morgan fingerprint density at radius 3 is 2.75 bits per heavy atom. The van der Waals surface area contributed by atoms with E-state index in [9.17, 15) is 0 Å². The Morgan fingerprint density at radius 2 is 2.25 bits per heavy atom. The average Bonchev–Trinajstić information content (AvgIpc) is 2.77. The molecule has 0 bridgehead atoms. The number of rotatable bonds is 3. The minimum Gasteiger partial charge on any atom is -0.326 e. The first-order valence-electron chi connectivity index (χ1n) is 5.08. The third kappa shape index (κ3) is 2.14. The number of hydrogen-bond donors (Lipinski definition) is 1. The SMILES string of the molecule is Cc1sc(CN)cc1Cn1ncc(Cl)c1C. The fraction of sp³-hybridized carbons (Fsp3) is 0.364. The van der Waals surface area contributed by atoms with E-state index in [1.165, 1.54) is 15.3 Å². The summed E-state index contributed by atoms with van der Waals surface area (Å²) in [7, 11) is 0. The van der Waals surface area contributed by atoms with Crippen LogP contribution in [0.5, 0.6) is 0 Å². The molecule has 0 amide bonds. The molecule has 86 valence electrons. The maximum Gasteiger partial charge on any atom is 0.0815 e. The minimum atomic E-state index is 0.602. The van der Waals surface area contributed by atoms with Crippen LogP contribution in [0.15, 0.2) is 12.3 Å². The second-order valence-corrected chi connectivity index (χ2v) is 5.48. The lowest BCUT2D eigenvalue weighted by Gasteiger charge is -2.03. The lowest BCUT2D eigenvalue weighted by Crippen LogP contribution is -2.03. The summed E-state index contributed by atoms with van der Waals surface area (Å²) in [5.74, 6) is 0. The van der Waals surface area contributed by atoms with Crippen molar-refractivity contribution in [2.45, 2.75) is 26.9 Å². The van der Waals surface area contributed by atoms with Crippen molar-refractivity contribution in [2.75, 3.05) is 0 Å². The van der Waals surface area contributed by atoms with Gasteiger partial charge in [-0.1, -0.05) is 11.6 Å². The predicted molar refractivity (Wildman–Crippen MR) is 68.0 cm³/mol. The Kier molecular flexibility index (Phi) is 3.33. The van der Waals surface area contributed by atoms with E-state index in [1.54, 1.807) is 17.5 Å². The van der Waals surface area contributed by atoms with Gasteiger partial charge in [-0.15, -0.1) is 11.3 Å². The molecule has 2 N–H and O–H groups in total. The molecule has 0 aliphatic heterocycles. The normalized spacial score (nSPS) is 11.0. The molecule has 0 aromatic carbocycles. The van der Waals surface area contributed by atoms with Gasteiger partial charge in [0.05, 0.1) is 23.5 Å². The summed E-state index contributed by atoms with van der Waals surface area (Å²) >= 11 is 7.71. The van der Waals surface area contributed by atoms with Crippen LogP contribution in [-0.4, -0.2) is 9.78 Å². The monoisotopic (exact) mass is 255 g/mol. The van der Waals surface area contributed by atoms with Crippen molar-refractivity contribution in [1.29, 1.82) is 0 Å². The van der Waals surface area contributed by atoms with Crippen molar-refractivity contribution in [2.24, 2.45) is 5.73 Å². The van der Waals surface area contributed by atoms with Gasteiger partial charge in [-0.3, -0.25) is 4.68 Å². The second-order valence-electron chi connectivity index (χ2n) is 3.73. The standard InChI is InChI=1S/C11H14ClN3S/c1-7-11(12)5-14-15(7)6-9-3-10(4-13)16-8(9)2/h3,5H,4,6,13H2,1-2H3. The third-order valence-electron chi connectivity index (χ3n) is 2.64. The zero-order valence-corrected chi connectivity index (χ0v) is 10.9. The topological polar surface area (TPSA) is 43.8 Å². The molecule has 16 heavy (non-hydrogen) atoms. The van der Waals surface area contributed by atoms with E-state index in [4.69, 9.17) is 17.3 Å². The summed E-state index contributed by atoms with van der Waals surface area (Å²) in [5, 5.41) is 4.96. The maximum atomic E-state index is 5.97. The zero-order valence-electron chi connectivity index (χ0n) is 9.33. The number of thiophene rings is 1. The smallest absolute Gasteiger partial charge is 0.0815 e. The van der Waals surface area contributed by atoms with Crippen LogP contribution in [0.2, 0.25) is 5.02 Å². The molecule has 5 heteroatoms. The summed E-state index contributed by atoms with van der Waals surface area (Å²) in [4.78, 5) is 2.51. The first-order valence-corrected chi connectivity index (χ1v) is 6.27. The Morgan fingerprint density at radius 1 is 1.50 bits per heavy atom. The van der Waals surface area contributed by atoms with Crippen LogP contribution in [0.3, 0.4) is 0 Å². The van der Waals surface area contributed by atoms with Crippen LogP contribution < -0.4 is 5.73 Å². The Hall–Kier alpha value is -0.840. The number of aryl methyl sites for hydroxylation is 1. The number of hydrogen-bond acceptors (Lipinski definition) is 3. The van der Waals surface area contributed by atoms with Gasteiger partial charge < -0.3 is 5.73 Å². The minimum absolute atomic E-state index is 0.602. The van der Waals surface area contributed by atoms with Gasteiger partial charge in [-0.25, -0.2) is 0 Å². The lowest BCUT2D eigenvalue weighted by atomic mass is 10.2. The highest BCUT2D eigenvalue weighted by Gasteiger charge is 2.08. The second kappa shape index (κ2) is 4.57. The first kappa shape index (κ1) is 11.6. The van der Waals surface area contributed by atoms with Gasteiger partial charge >= 0.3 is 0 Å². The van der Waals surface area contributed by atoms with Crippen molar-refractivity contribution in [3.05, 3.63) is 38.3 Å². The summed E-state index contributed by atoms with van der Waals surface area (Å²) in [6, 6.07) is 2.15. The van der Waals surface area contributed by atoms with E-state index in [0.717, 1.165) is 12.2 Å². The zero-order chi connectivity index (χ0) is 11.7. The van der Waals surface area contributed by atoms with Gasteiger partial charge in [0, 0.05) is 16.3 Å². The van der Waals surface area contributed by atoms with Gasteiger partial charge in [0.25, 0.3) is 0 Å². The average molecular weight is 256 g/mol. The van der Waals surface area contributed by atoms with E-state index in [2.05, 4.69) is 18.1 Å². The number of nitrogens with zero attached hydrogens (tertiary/aromatic N) is 2. The number of aromatic nitrogens is 2. The Balaban J connectivity index is 2.26. The van der Waals surface area contributed by atoms with Crippen LogP contribution in [0.4, 0.5) is 0 Å². The van der Waals surface area contributed by atoms with Crippen molar-refractivity contribution in [3.8, 4) is 0 Å². The molecule has 0 aliphatic carbocycles. The predicted octanol–water partition coefficient (Wildman–Crippen LogP) is 2.72. The van der Waals surface area contributed by atoms with Gasteiger partial charge in [-0.05, 0) is 25.5 Å². The fourth-order valence-electron chi connectivity index (χ4n) is 1.59. The third-order valence-corrected chi connectivity index (χ3v) is 4.12. The highest BCUT2D eigenvalue weighted by Crippen LogP contribution is 2.23. The Labute approximate surface area is 104 Å². The Bertz CT molecular complexity index is 501. The van der Waals surface area contributed by atoms with E-state index in [-0.39, 0.29) is 0 Å². The molecule has 3 nitrogen and oxygen atoms in total. The molecule has 2 rings (SSSR count). The molecule has 0 saturated heterocycles. The van der Waals surface area contributed by atoms with E-state index in [1.807, 2.05) is 11.6 Å². The summed E-state index contributed by atoms with van der Waals surface area (Å²) < 4.78 is 1.91. The van der Waals surface area contributed by atoms with Gasteiger partial charge in [0.1, 0.15) is 0 Å². The van der Waals surface area contributed by atoms with Crippen molar-refractivity contribution < 1.29 is 0 Å². The van der Waals surface area contributed by atoms with Crippen molar-refractivity contribution >= 4 is 22.9 Å². The largest absolute Gasteiger partial charge is 0.326 e. The molecular formula is C11H14ClN3S. The molecule has 0 unspecified atom stereocenters. The lowest BCUT2D eigenvalue weighted by molar-refractivity contribution is 0.664. The number of halogens is 1. The first-order chi connectivity index (χ1) is 7.61. The van der Waals surface area contributed by atoms with Crippen molar-refractivity contribution in [3.63, 3.8) is 0 Å². The molecule has 0 atom stereocenters. The summed E-state index contributed by atoms with van der Waals surface area (Å²) in [5.41, 5.74) is 7.90. The maximum absolute atomic E-state index is 5.97. The molecule has 0 aliphatic rings. The van der Waals surface area contributed by atoms with Crippen LogP contribution in [0.25, 0.3) is 0 Å². The van der Waals surface area contributed by atoms with Crippen LogP contribution in [0.1, 0.15) is 21.0 Å². The molecule has 2 aromatic rings. The molecule has 2 aromatic heterocycles. The van der Waals surface area contributed by atoms with Gasteiger partial charge in [-0.2, -0.15) is 5.10 Å². The molecule has 0 saturated carbocycles. The fourth-order valence-corrected chi connectivity index (χ4v) is 2.66. The van der Waals surface area contributed by atoms with Crippen LogP contribution >= 0.6 is 22.9 Å². The summed E-state index contributed by atoms with van der Waals surface area (Å²) in [6.07, 6.45) is 1.68. The van der Waals surface area contributed by atoms with Gasteiger partial charge in [0.15, 0.2) is 0 Å². The molecule has 0 fully saturated rings. The molecule has 0 spiro atoms. The van der Waals surface area contributed by atoms with E-state index < -0.39 is 0 Å². The van der Waals surface area contributed by atoms with Gasteiger partial charge in [0.2, 0.25) is 0 Å². The van der Waals surface area contributed by atoms with Crippen LogP contribution in [0, 0.1) is 13.8 Å². The number of nitrogens with two attached hydrogens (primary N) is 1. The van der Waals surface area contributed by atoms with Crippen LogP contribution in [-0.2, 0) is 13.1 Å². The molecular weight excluding hydrogens is 242 g/mol. The molecule has 0 radical (unpaired) electrons.